The van der Waals surface area contributed by atoms with Gasteiger partial charge in [-0.05, 0) is 60.5 Å². The summed E-state index contributed by atoms with van der Waals surface area (Å²) >= 11 is 13.5. The van der Waals surface area contributed by atoms with E-state index in [1.54, 1.807) is 73.8 Å². The van der Waals surface area contributed by atoms with Gasteiger partial charge >= 0.3 is 0 Å². The van der Waals surface area contributed by atoms with Crippen LogP contribution in [0.2, 0.25) is 10.0 Å². The largest absolute Gasteiger partial charge is 0.497 e. The molecule has 3 aromatic rings. The van der Waals surface area contributed by atoms with Crippen molar-refractivity contribution < 1.29 is 14.3 Å². The number of carbonyl (C=O) groups excluding carboxylic acids is 2. The molecule has 0 aromatic heterocycles. The van der Waals surface area contributed by atoms with E-state index >= 15 is 0 Å². The van der Waals surface area contributed by atoms with Gasteiger partial charge in [-0.2, -0.15) is 5.26 Å². The number of anilines is 2. The van der Waals surface area contributed by atoms with Crippen molar-refractivity contribution in [3.63, 3.8) is 0 Å². The SMILES string of the molecule is COc1ccc(N2C(=O)C(Cc3ccc(Cl)cc3Cl)S/C2=C(/C#N)C(=O)Nc2ccccc2)cc1. The molecule has 1 N–H and O–H groups in total. The number of halogens is 2. The predicted molar refractivity (Wildman–Crippen MR) is 140 cm³/mol. The molecule has 4 rings (SSSR count). The highest BCUT2D eigenvalue weighted by Crippen LogP contribution is 2.43. The Morgan fingerprint density at radius 1 is 1.11 bits per heavy atom. The van der Waals surface area contributed by atoms with E-state index in [2.05, 4.69) is 5.32 Å². The van der Waals surface area contributed by atoms with Crippen molar-refractivity contribution in [2.75, 3.05) is 17.3 Å². The second-order valence-electron chi connectivity index (χ2n) is 7.53. The number of rotatable bonds is 6. The Hall–Kier alpha value is -3.44. The molecule has 1 heterocycles. The van der Waals surface area contributed by atoms with E-state index in [0.29, 0.717) is 33.6 Å². The fourth-order valence-electron chi connectivity index (χ4n) is 3.56. The van der Waals surface area contributed by atoms with Gasteiger partial charge < -0.3 is 10.1 Å². The van der Waals surface area contributed by atoms with Crippen LogP contribution in [0.5, 0.6) is 5.75 Å². The van der Waals surface area contributed by atoms with Crippen molar-refractivity contribution >= 4 is 58.2 Å². The molecule has 1 unspecified atom stereocenters. The Bertz CT molecular complexity index is 1340. The van der Waals surface area contributed by atoms with Crippen LogP contribution in [0.3, 0.4) is 0 Å². The number of ether oxygens (including phenoxy) is 1. The fourth-order valence-corrected chi connectivity index (χ4v) is 5.34. The van der Waals surface area contributed by atoms with Crippen LogP contribution < -0.4 is 15.0 Å². The minimum absolute atomic E-state index is 0.160. The molecule has 6 nitrogen and oxygen atoms in total. The normalized spacial score (nSPS) is 16.6. The molecule has 0 saturated carbocycles. The monoisotopic (exact) mass is 523 g/mol. The maximum Gasteiger partial charge on any atom is 0.269 e. The van der Waals surface area contributed by atoms with Gasteiger partial charge in [-0.15, -0.1) is 0 Å². The number of hydrogen-bond donors (Lipinski definition) is 1. The number of thioether (sulfide) groups is 1. The molecule has 1 fully saturated rings. The molecule has 1 aliphatic rings. The molecule has 1 atom stereocenters. The van der Waals surface area contributed by atoms with E-state index in [9.17, 15) is 14.9 Å². The maximum absolute atomic E-state index is 13.6. The Balaban J connectivity index is 1.74. The molecular formula is C26H19Cl2N3O3S. The third kappa shape index (κ3) is 5.46. The van der Waals surface area contributed by atoms with Gasteiger partial charge in [0, 0.05) is 21.4 Å². The molecule has 0 bridgehead atoms. The van der Waals surface area contributed by atoms with Crippen LogP contribution in [-0.2, 0) is 16.0 Å². The van der Waals surface area contributed by atoms with E-state index in [1.165, 1.54) is 4.90 Å². The number of para-hydroxylation sites is 1. The number of benzene rings is 3. The summed E-state index contributed by atoms with van der Waals surface area (Å²) in [5, 5.41) is 13.3. The van der Waals surface area contributed by atoms with Crippen molar-refractivity contribution in [1.29, 1.82) is 5.26 Å². The van der Waals surface area contributed by atoms with Crippen LogP contribution in [0, 0.1) is 11.3 Å². The quantitative estimate of drug-likeness (QED) is 0.313. The molecule has 3 aromatic carbocycles. The van der Waals surface area contributed by atoms with Gasteiger partial charge in [0.1, 0.15) is 22.4 Å². The first-order valence-corrected chi connectivity index (χ1v) is 12.1. The highest BCUT2D eigenvalue weighted by Gasteiger charge is 2.41. The average Bonchev–Trinajstić information content (AvgIpc) is 3.17. The van der Waals surface area contributed by atoms with Gasteiger partial charge in [0.05, 0.1) is 12.4 Å². The first-order valence-electron chi connectivity index (χ1n) is 10.5. The highest BCUT2D eigenvalue weighted by atomic mass is 35.5. The number of nitrogens with zero attached hydrogens (tertiary/aromatic N) is 2. The number of nitrogens with one attached hydrogen (secondary N) is 1. The first kappa shape index (κ1) is 24.7. The molecule has 35 heavy (non-hydrogen) atoms. The molecule has 0 spiro atoms. The van der Waals surface area contributed by atoms with Crippen LogP contribution in [-0.4, -0.2) is 24.2 Å². The summed E-state index contributed by atoms with van der Waals surface area (Å²) in [7, 11) is 1.55. The molecule has 1 saturated heterocycles. The van der Waals surface area contributed by atoms with E-state index in [1.807, 2.05) is 12.1 Å². The molecular weight excluding hydrogens is 505 g/mol. The second kappa shape index (κ2) is 10.9. The van der Waals surface area contributed by atoms with Crippen molar-refractivity contribution in [2.24, 2.45) is 0 Å². The van der Waals surface area contributed by atoms with Gasteiger partial charge in [-0.1, -0.05) is 59.2 Å². The van der Waals surface area contributed by atoms with Crippen LogP contribution >= 0.6 is 35.0 Å². The summed E-state index contributed by atoms with van der Waals surface area (Å²) in [5.41, 5.74) is 1.64. The lowest BCUT2D eigenvalue weighted by molar-refractivity contribution is -0.117. The predicted octanol–water partition coefficient (Wildman–Crippen LogP) is 6.07. The lowest BCUT2D eigenvalue weighted by Gasteiger charge is -2.19. The van der Waals surface area contributed by atoms with Crippen molar-refractivity contribution in [3.05, 3.63) is 99.0 Å². The minimum atomic E-state index is -0.599. The number of nitriles is 1. The smallest absolute Gasteiger partial charge is 0.269 e. The topological polar surface area (TPSA) is 82.4 Å². The van der Waals surface area contributed by atoms with Gasteiger partial charge in [0.2, 0.25) is 5.91 Å². The standard InChI is InChI=1S/C26H19Cl2N3O3S/c1-34-20-11-9-19(10-12-20)31-25(33)23(13-16-7-8-17(27)14-22(16)28)35-26(31)21(15-29)24(32)30-18-5-3-2-4-6-18/h2-12,14,23H,13H2,1H3,(H,30,32)/b26-21-. The van der Waals surface area contributed by atoms with Crippen LogP contribution in [0.15, 0.2) is 83.4 Å². The first-order chi connectivity index (χ1) is 16.9. The maximum atomic E-state index is 13.6. The van der Waals surface area contributed by atoms with E-state index in [4.69, 9.17) is 27.9 Å². The summed E-state index contributed by atoms with van der Waals surface area (Å²) in [6.07, 6.45) is 0.300. The molecule has 2 amide bonds. The van der Waals surface area contributed by atoms with Gasteiger partial charge in [-0.3, -0.25) is 14.5 Å². The van der Waals surface area contributed by atoms with Crippen LogP contribution in [0.4, 0.5) is 11.4 Å². The van der Waals surface area contributed by atoms with Crippen LogP contribution in [0.1, 0.15) is 5.56 Å². The summed E-state index contributed by atoms with van der Waals surface area (Å²) < 4.78 is 5.22. The Morgan fingerprint density at radius 3 is 2.46 bits per heavy atom. The molecule has 0 radical (unpaired) electrons. The lowest BCUT2D eigenvalue weighted by atomic mass is 10.1. The lowest BCUT2D eigenvalue weighted by Crippen LogP contribution is -2.31. The van der Waals surface area contributed by atoms with E-state index < -0.39 is 11.2 Å². The van der Waals surface area contributed by atoms with Crippen molar-refractivity contribution in [3.8, 4) is 11.8 Å². The van der Waals surface area contributed by atoms with Gasteiger partial charge in [0.15, 0.2) is 0 Å². The third-order valence-electron chi connectivity index (χ3n) is 5.29. The van der Waals surface area contributed by atoms with E-state index in [-0.39, 0.29) is 16.5 Å². The molecule has 9 heteroatoms. The van der Waals surface area contributed by atoms with Gasteiger partial charge in [-0.25, -0.2) is 0 Å². The Labute approximate surface area is 217 Å². The van der Waals surface area contributed by atoms with E-state index in [0.717, 1.165) is 17.3 Å². The average molecular weight is 524 g/mol. The number of amides is 2. The summed E-state index contributed by atoms with van der Waals surface area (Å²) in [5.74, 6) is -0.246. The summed E-state index contributed by atoms with van der Waals surface area (Å²) in [6.45, 7) is 0. The van der Waals surface area contributed by atoms with Gasteiger partial charge in [0.25, 0.3) is 5.91 Å². The third-order valence-corrected chi connectivity index (χ3v) is 7.14. The fraction of sp³-hybridized carbons (Fsp3) is 0.115. The molecule has 0 aliphatic carbocycles. The Kier molecular flexibility index (Phi) is 7.67. The second-order valence-corrected chi connectivity index (χ2v) is 9.57. The summed E-state index contributed by atoms with van der Waals surface area (Å²) in [6, 6.07) is 22.7. The number of methoxy groups -OCH3 is 1. The number of carbonyl (C=O) groups is 2. The highest BCUT2D eigenvalue weighted by molar-refractivity contribution is 8.05. The zero-order chi connectivity index (χ0) is 24.9. The molecule has 1 aliphatic heterocycles. The number of hydrogen-bond acceptors (Lipinski definition) is 5. The van der Waals surface area contributed by atoms with Crippen LogP contribution in [0.25, 0.3) is 0 Å². The van der Waals surface area contributed by atoms with Crippen molar-refractivity contribution in [1.82, 2.24) is 0 Å². The zero-order valence-corrected chi connectivity index (χ0v) is 20.8. The van der Waals surface area contributed by atoms with Crippen molar-refractivity contribution in [2.45, 2.75) is 11.7 Å². The summed E-state index contributed by atoms with van der Waals surface area (Å²) in [4.78, 5) is 28.1. The zero-order valence-electron chi connectivity index (χ0n) is 18.5. The molecule has 176 valence electrons. The Morgan fingerprint density at radius 2 is 1.83 bits per heavy atom. The minimum Gasteiger partial charge on any atom is -0.497 e.